The molecule has 0 bridgehead atoms. The summed E-state index contributed by atoms with van der Waals surface area (Å²) < 4.78 is 15.6. The molecule has 100 valence electrons. The fourth-order valence-electron chi connectivity index (χ4n) is 1.97. The molecule has 1 N–H and O–H groups in total. The molecule has 0 fully saturated rings. The summed E-state index contributed by atoms with van der Waals surface area (Å²) in [5.41, 5.74) is 2.00. The van der Waals surface area contributed by atoms with Crippen LogP contribution in [0.1, 0.15) is 5.56 Å². The Labute approximate surface area is 119 Å². The number of aromatic amines is 1. The van der Waals surface area contributed by atoms with Crippen LogP contribution in [0.15, 0.2) is 42.6 Å². The van der Waals surface area contributed by atoms with Gasteiger partial charge in [0.1, 0.15) is 11.5 Å². The Morgan fingerprint density at radius 3 is 2.80 bits per heavy atom. The zero-order chi connectivity index (χ0) is 14.1. The predicted octanol–water partition coefficient (Wildman–Crippen LogP) is 3.44. The molecule has 1 aromatic carbocycles. The van der Waals surface area contributed by atoms with Crippen LogP contribution < -0.4 is 0 Å². The maximum atomic E-state index is 13.4. The third kappa shape index (κ3) is 2.14. The van der Waals surface area contributed by atoms with Crippen molar-refractivity contribution < 1.29 is 4.39 Å². The van der Waals surface area contributed by atoms with Crippen molar-refractivity contribution in [2.45, 2.75) is 6.92 Å². The zero-order valence-corrected chi connectivity index (χ0v) is 11.5. The molecule has 0 aliphatic carbocycles. The summed E-state index contributed by atoms with van der Waals surface area (Å²) in [6.45, 7) is 1.71. The maximum absolute atomic E-state index is 13.4. The Morgan fingerprint density at radius 1 is 1.25 bits per heavy atom. The summed E-state index contributed by atoms with van der Waals surface area (Å²) in [6, 6.07) is 10.4. The van der Waals surface area contributed by atoms with E-state index in [1.807, 2.05) is 18.2 Å². The molecule has 0 unspecified atom stereocenters. The standard InChI is InChI=1S/C14H11FN4S/c1-9-8-10(5-6-11(9)15)19-13(17-18-14(19)20)12-4-2-3-7-16-12/h2-8H,1H3,(H,18,20). The number of halogens is 1. The number of nitrogens with one attached hydrogen (secondary N) is 1. The number of hydrogen-bond acceptors (Lipinski definition) is 3. The van der Waals surface area contributed by atoms with Crippen LogP contribution in [0.5, 0.6) is 0 Å². The minimum Gasteiger partial charge on any atom is -0.267 e. The molecule has 3 aromatic rings. The third-order valence-electron chi connectivity index (χ3n) is 2.97. The van der Waals surface area contributed by atoms with Gasteiger partial charge in [0.2, 0.25) is 0 Å². The van der Waals surface area contributed by atoms with Crippen molar-refractivity contribution in [2.75, 3.05) is 0 Å². The van der Waals surface area contributed by atoms with E-state index in [0.29, 0.717) is 21.9 Å². The molecule has 3 rings (SSSR count). The number of nitrogens with zero attached hydrogens (tertiary/aromatic N) is 3. The summed E-state index contributed by atoms with van der Waals surface area (Å²) in [5, 5.41) is 6.95. The first-order valence-corrected chi connectivity index (χ1v) is 6.43. The van der Waals surface area contributed by atoms with Gasteiger partial charge in [-0.2, -0.15) is 5.10 Å². The number of pyridine rings is 1. The molecule has 2 heterocycles. The van der Waals surface area contributed by atoms with E-state index in [1.165, 1.54) is 6.07 Å². The SMILES string of the molecule is Cc1cc(-n2c(-c3ccccn3)n[nH]c2=S)ccc1F. The van der Waals surface area contributed by atoms with Crippen LogP contribution in [0.4, 0.5) is 4.39 Å². The first-order chi connectivity index (χ1) is 9.66. The quantitative estimate of drug-likeness (QED) is 0.734. The molecule has 2 aromatic heterocycles. The molecule has 6 heteroatoms. The van der Waals surface area contributed by atoms with E-state index in [4.69, 9.17) is 12.2 Å². The topological polar surface area (TPSA) is 46.5 Å². The average molecular weight is 286 g/mol. The van der Waals surface area contributed by atoms with E-state index >= 15 is 0 Å². The Kier molecular flexibility index (Phi) is 3.15. The lowest BCUT2D eigenvalue weighted by Crippen LogP contribution is -2.00. The normalized spacial score (nSPS) is 10.7. The van der Waals surface area contributed by atoms with Gasteiger partial charge in [0.25, 0.3) is 0 Å². The number of hydrogen-bond donors (Lipinski definition) is 1. The van der Waals surface area contributed by atoms with Gasteiger partial charge in [0, 0.05) is 6.20 Å². The van der Waals surface area contributed by atoms with Crippen LogP contribution in [-0.2, 0) is 0 Å². The maximum Gasteiger partial charge on any atom is 0.200 e. The van der Waals surface area contributed by atoms with Crippen molar-refractivity contribution in [3.63, 3.8) is 0 Å². The van der Waals surface area contributed by atoms with Gasteiger partial charge in [-0.05, 0) is 55.0 Å². The monoisotopic (exact) mass is 286 g/mol. The van der Waals surface area contributed by atoms with E-state index in [0.717, 1.165) is 5.69 Å². The fourth-order valence-corrected chi connectivity index (χ4v) is 2.21. The predicted molar refractivity (Wildman–Crippen MR) is 76.7 cm³/mol. The van der Waals surface area contributed by atoms with Gasteiger partial charge in [-0.3, -0.25) is 14.6 Å². The van der Waals surface area contributed by atoms with E-state index in [-0.39, 0.29) is 5.82 Å². The van der Waals surface area contributed by atoms with Crippen molar-refractivity contribution in [3.05, 3.63) is 58.7 Å². The molecule has 0 saturated heterocycles. The van der Waals surface area contributed by atoms with Crippen LogP contribution in [0, 0.1) is 17.5 Å². The molecule has 0 saturated carbocycles. The van der Waals surface area contributed by atoms with Crippen LogP contribution in [0.25, 0.3) is 17.2 Å². The minimum absolute atomic E-state index is 0.247. The van der Waals surface area contributed by atoms with Gasteiger partial charge < -0.3 is 0 Å². The summed E-state index contributed by atoms with van der Waals surface area (Å²) in [4.78, 5) is 4.26. The van der Waals surface area contributed by atoms with E-state index < -0.39 is 0 Å². The van der Waals surface area contributed by atoms with Crippen LogP contribution >= 0.6 is 12.2 Å². The average Bonchev–Trinajstić information content (AvgIpc) is 2.85. The molecule has 20 heavy (non-hydrogen) atoms. The summed E-state index contributed by atoms with van der Waals surface area (Å²) >= 11 is 5.25. The lowest BCUT2D eigenvalue weighted by Gasteiger charge is -2.07. The summed E-state index contributed by atoms with van der Waals surface area (Å²) in [6.07, 6.45) is 1.69. The van der Waals surface area contributed by atoms with E-state index in [9.17, 15) is 4.39 Å². The highest BCUT2D eigenvalue weighted by atomic mass is 32.1. The number of rotatable bonds is 2. The minimum atomic E-state index is -0.247. The van der Waals surface area contributed by atoms with Crippen molar-refractivity contribution in [1.29, 1.82) is 0 Å². The van der Waals surface area contributed by atoms with Crippen molar-refractivity contribution >= 4 is 12.2 Å². The second-order valence-electron chi connectivity index (χ2n) is 4.34. The van der Waals surface area contributed by atoms with Crippen molar-refractivity contribution in [3.8, 4) is 17.2 Å². The van der Waals surface area contributed by atoms with Gasteiger partial charge in [-0.15, -0.1) is 0 Å². The van der Waals surface area contributed by atoms with E-state index in [1.54, 1.807) is 29.8 Å². The third-order valence-corrected chi connectivity index (χ3v) is 3.24. The van der Waals surface area contributed by atoms with Gasteiger partial charge in [-0.25, -0.2) is 4.39 Å². The zero-order valence-electron chi connectivity index (χ0n) is 10.7. The molecule has 0 spiro atoms. The number of H-pyrrole nitrogens is 1. The van der Waals surface area contributed by atoms with Gasteiger partial charge >= 0.3 is 0 Å². The second kappa shape index (κ2) is 4.97. The first-order valence-electron chi connectivity index (χ1n) is 6.02. The van der Waals surface area contributed by atoms with Gasteiger partial charge in [0.05, 0.1) is 5.69 Å². The largest absolute Gasteiger partial charge is 0.267 e. The molecule has 0 aliphatic rings. The number of aryl methyl sites for hydroxylation is 1. The Hall–Kier alpha value is -2.34. The smallest absolute Gasteiger partial charge is 0.200 e. The van der Waals surface area contributed by atoms with Gasteiger partial charge in [0.15, 0.2) is 10.6 Å². The van der Waals surface area contributed by atoms with Crippen molar-refractivity contribution in [2.24, 2.45) is 0 Å². The van der Waals surface area contributed by atoms with Crippen LogP contribution in [0.2, 0.25) is 0 Å². The fraction of sp³-hybridized carbons (Fsp3) is 0.0714. The highest BCUT2D eigenvalue weighted by molar-refractivity contribution is 7.71. The molecule has 0 atom stereocenters. The molecule has 0 aliphatic heterocycles. The summed E-state index contributed by atoms with van der Waals surface area (Å²) in [7, 11) is 0. The van der Waals surface area contributed by atoms with Crippen molar-refractivity contribution in [1.82, 2.24) is 19.7 Å². The highest BCUT2D eigenvalue weighted by Gasteiger charge is 2.12. The second-order valence-corrected chi connectivity index (χ2v) is 4.72. The molecule has 0 radical (unpaired) electrons. The molecular weight excluding hydrogens is 275 g/mol. The Morgan fingerprint density at radius 2 is 2.10 bits per heavy atom. The van der Waals surface area contributed by atoms with E-state index in [2.05, 4.69) is 15.2 Å². The van der Waals surface area contributed by atoms with Gasteiger partial charge in [-0.1, -0.05) is 6.07 Å². The van der Waals surface area contributed by atoms with Crippen LogP contribution in [0.3, 0.4) is 0 Å². The molecule has 4 nitrogen and oxygen atoms in total. The molecule has 0 amide bonds. The number of benzene rings is 1. The van der Waals surface area contributed by atoms with Crippen LogP contribution in [-0.4, -0.2) is 19.7 Å². The molecular formula is C14H11FN4S. The number of aromatic nitrogens is 4. The summed E-state index contributed by atoms with van der Waals surface area (Å²) in [5.74, 6) is 0.352. The lowest BCUT2D eigenvalue weighted by atomic mass is 10.2. The highest BCUT2D eigenvalue weighted by Crippen LogP contribution is 2.21. The Balaban J connectivity index is 2.22. The lowest BCUT2D eigenvalue weighted by molar-refractivity contribution is 0.618. The Bertz CT molecular complexity index is 808. The first kappa shape index (κ1) is 12.7.